The lowest BCUT2D eigenvalue weighted by Crippen LogP contribution is -2.31. The average molecular weight is 409 g/mol. The highest BCUT2D eigenvalue weighted by atomic mass is 32.2. The van der Waals surface area contributed by atoms with E-state index in [-0.39, 0.29) is 18.1 Å². The Hall–Kier alpha value is -1.51. The predicted molar refractivity (Wildman–Crippen MR) is 116 cm³/mol. The molecule has 0 saturated carbocycles. The summed E-state index contributed by atoms with van der Waals surface area (Å²) in [5.41, 5.74) is 2.85. The lowest BCUT2D eigenvalue weighted by molar-refractivity contribution is 0.257. The van der Waals surface area contributed by atoms with Crippen molar-refractivity contribution in [1.29, 1.82) is 0 Å². The van der Waals surface area contributed by atoms with Crippen molar-refractivity contribution in [3.63, 3.8) is 0 Å². The Labute approximate surface area is 168 Å². The maximum atomic E-state index is 12.3. The smallest absolute Gasteiger partial charge is 0.329 e. The molecule has 0 atom stereocenters. The number of hydrogen-bond acceptors (Lipinski definition) is 6. The molecule has 1 saturated heterocycles. The van der Waals surface area contributed by atoms with E-state index < -0.39 is 0 Å². The first-order valence-corrected chi connectivity index (χ1v) is 11.2. The zero-order chi connectivity index (χ0) is 19.4. The number of benzene rings is 1. The van der Waals surface area contributed by atoms with Crippen LogP contribution in [-0.2, 0) is 5.41 Å². The van der Waals surface area contributed by atoms with Gasteiger partial charge in [0.25, 0.3) is 0 Å². The summed E-state index contributed by atoms with van der Waals surface area (Å²) in [7, 11) is 0. The molecular weight excluding hydrogens is 380 g/mol. The number of anilines is 2. The molecule has 0 aliphatic carbocycles. The highest BCUT2D eigenvalue weighted by molar-refractivity contribution is 7.97. The van der Waals surface area contributed by atoms with Crippen LogP contribution in [0.2, 0.25) is 0 Å². The molecule has 2 amide bonds. The van der Waals surface area contributed by atoms with Crippen molar-refractivity contribution in [3.05, 3.63) is 17.1 Å². The predicted octanol–water partition coefficient (Wildman–Crippen LogP) is 4.35. The van der Waals surface area contributed by atoms with E-state index in [1.54, 1.807) is 11.3 Å². The molecule has 1 aliphatic heterocycles. The van der Waals surface area contributed by atoms with Crippen molar-refractivity contribution in [2.75, 3.05) is 35.7 Å². The van der Waals surface area contributed by atoms with Gasteiger partial charge in [-0.1, -0.05) is 20.8 Å². The van der Waals surface area contributed by atoms with Crippen molar-refractivity contribution in [1.82, 2.24) is 9.71 Å². The van der Waals surface area contributed by atoms with Gasteiger partial charge >= 0.3 is 6.03 Å². The van der Waals surface area contributed by atoms with Crippen LogP contribution in [0.25, 0.3) is 10.2 Å². The molecular formula is C19H28N4O2S2. The first-order chi connectivity index (χ1) is 12.9. The van der Waals surface area contributed by atoms with Gasteiger partial charge in [-0.2, -0.15) is 0 Å². The third-order valence-electron chi connectivity index (χ3n) is 4.45. The van der Waals surface area contributed by atoms with E-state index in [4.69, 9.17) is 10.1 Å². The Bertz CT molecular complexity index is 795. The van der Waals surface area contributed by atoms with E-state index >= 15 is 0 Å². The summed E-state index contributed by atoms with van der Waals surface area (Å²) < 4.78 is 3.80. The molecule has 3 N–H and O–H groups in total. The largest absolute Gasteiger partial charge is 0.395 e. The minimum atomic E-state index is -0.272. The Kier molecular flexibility index (Phi) is 6.49. The number of aliphatic hydroxyl groups is 1. The molecule has 8 heteroatoms. The summed E-state index contributed by atoms with van der Waals surface area (Å²) in [6, 6.07) is 3.89. The number of carbonyl (C=O) groups is 1. The summed E-state index contributed by atoms with van der Waals surface area (Å²) in [6.45, 7) is 8.53. The molecule has 0 spiro atoms. The van der Waals surface area contributed by atoms with Crippen LogP contribution < -0.4 is 14.9 Å². The Balaban J connectivity index is 1.93. The topological polar surface area (TPSA) is 77.5 Å². The zero-order valence-corrected chi connectivity index (χ0v) is 17.8. The average Bonchev–Trinajstić information content (AvgIpc) is 3.05. The minimum Gasteiger partial charge on any atom is -0.395 e. The fourth-order valence-electron chi connectivity index (χ4n) is 3.09. The third kappa shape index (κ3) is 5.06. The van der Waals surface area contributed by atoms with E-state index in [2.05, 4.69) is 41.8 Å². The summed E-state index contributed by atoms with van der Waals surface area (Å²) in [5, 5.41) is 13.0. The molecule has 3 rings (SSSR count). The maximum Gasteiger partial charge on any atom is 0.329 e. The van der Waals surface area contributed by atoms with Crippen LogP contribution in [-0.4, -0.2) is 41.6 Å². The van der Waals surface area contributed by atoms with Gasteiger partial charge < -0.3 is 15.3 Å². The Morgan fingerprint density at radius 3 is 2.70 bits per heavy atom. The van der Waals surface area contributed by atoms with Crippen LogP contribution in [0.15, 0.2) is 12.1 Å². The highest BCUT2D eigenvalue weighted by Gasteiger charge is 2.22. The molecule has 0 unspecified atom stereocenters. The van der Waals surface area contributed by atoms with E-state index in [1.165, 1.54) is 31.2 Å². The van der Waals surface area contributed by atoms with Gasteiger partial charge in [-0.25, -0.2) is 9.78 Å². The molecule has 1 aromatic heterocycles. The van der Waals surface area contributed by atoms with Gasteiger partial charge in [0.05, 0.1) is 33.2 Å². The fraction of sp³-hybridized carbons (Fsp3) is 0.579. The van der Waals surface area contributed by atoms with Crippen molar-refractivity contribution < 1.29 is 9.90 Å². The monoisotopic (exact) mass is 408 g/mol. The Morgan fingerprint density at radius 1 is 1.30 bits per heavy atom. The number of aromatic nitrogens is 1. The number of piperidine rings is 1. The number of thiazole rings is 1. The van der Waals surface area contributed by atoms with Gasteiger partial charge in [-0.05, 0) is 43.3 Å². The molecule has 0 radical (unpaired) electrons. The number of fused-ring (bicyclic) bond motifs is 1. The second-order valence-corrected chi connectivity index (χ2v) is 9.71. The van der Waals surface area contributed by atoms with E-state index in [1.807, 2.05) is 6.07 Å². The van der Waals surface area contributed by atoms with Crippen LogP contribution in [0.3, 0.4) is 0 Å². The van der Waals surface area contributed by atoms with Crippen molar-refractivity contribution in [2.24, 2.45) is 0 Å². The third-order valence-corrected chi connectivity index (χ3v) is 6.61. The van der Waals surface area contributed by atoms with Crippen LogP contribution in [0.5, 0.6) is 0 Å². The summed E-state index contributed by atoms with van der Waals surface area (Å²) >= 11 is 2.88. The molecule has 2 heterocycles. The molecule has 1 fully saturated rings. The number of aliphatic hydroxyl groups excluding tert-OH is 1. The fourth-order valence-corrected chi connectivity index (χ4v) is 4.51. The van der Waals surface area contributed by atoms with Crippen molar-refractivity contribution in [2.45, 2.75) is 45.4 Å². The number of nitrogens with one attached hydrogen (secondary N) is 2. The number of rotatable bonds is 5. The summed E-state index contributed by atoms with van der Waals surface area (Å²) in [4.78, 5) is 19.5. The van der Waals surface area contributed by atoms with E-state index in [0.29, 0.717) is 5.75 Å². The first-order valence-electron chi connectivity index (χ1n) is 9.38. The van der Waals surface area contributed by atoms with Crippen molar-refractivity contribution in [3.8, 4) is 0 Å². The highest BCUT2D eigenvalue weighted by Crippen LogP contribution is 2.38. The zero-order valence-electron chi connectivity index (χ0n) is 16.2. The van der Waals surface area contributed by atoms with Gasteiger partial charge in [0.1, 0.15) is 0 Å². The maximum absolute atomic E-state index is 12.3. The molecule has 148 valence electrons. The molecule has 6 nitrogen and oxygen atoms in total. The number of amides is 2. The number of carbonyl (C=O) groups excluding carboxylic acids is 1. The summed E-state index contributed by atoms with van der Waals surface area (Å²) in [5.74, 6) is 0.467. The first kappa shape index (κ1) is 20.2. The number of hydrogen-bond donors (Lipinski definition) is 3. The lowest BCUT2D eigenvalue weighted by atomic mass is 9.98. The van der Waals surface area contributed by atoms with E-state index in [0.717, 1.165) is 39.7 Å². The van der Waals surface area contributed by atoms with Crippen LogP contribution in [0.1, 0.15) is 45.0 Å². The van der Waals surface area contributed by atoms with Crippen LogP contribution >= 0.6 is 23.3 Å². The molecule has 27 heavy (non-hydrogen) atoms. The number of urea groups is 1. The second kappa shape index (κ2) is 8.67. The van der Waals surface area contributed by atoms with Gasteiger partial charge in [-0.15, -0.1) is 11.3 Å². The van der Waals surface area contributed by atoms with Gasteiger partial charge in [0.15, 0.2) is 0 Å². The molecule has 1 aromatic carbocycles. The van der Waals surface area contributed by atoms with E-state index in [9.17, 15) is 4.79 Å². The van der Waals surface area contributed by atoms with Crippen LogP contribution in [0, 0.1) is 0 Å². The van der Waals surface area contributed by atoms with Crippen molar-refractivity contribution >= 4 is 50.9 Å². The normalized spacial score (nSPS) is 15.2. The van der Waals surface area contributed by atoms with Crippen LogP contribution in [0.4, 0.5) is 16.2 Å². The quantitative estimate of drug-likeness (QED) is 0.506. The lowest BCUT2D eigenvalue weighted by Gasteiger charge is -2.30. The summed E-state index contributed by atoms with van der Waals surface area (Å²) in [6.07, 6.45) is 3.59. The van der Waals surface area contributed by atoms with Gasteiger partial charge in [0, 0.05) is 24.3 Å². The number of nitrogens with zero attached hydrogens (tertiary/aromatic N) is 2. The molecule has 1 aliphatic rings. The minimum absolute atomic E-state index is 0.000869. The second-order valence-electron chi connectivity index (χ2n) is 7.78. The SMILES string of the molecule is CC(C)(C)c1nc2cc(N3CCCCC3)c(NC(=O)NSCCO)cc2s1. The standard InChI is InChI=1S/C19H28N4O2S2/c1-19(2,3)17-20-14-11-15(23-7-5-4-6-8-23)13(12-16(14)27-17)21-18(25)22-26-10-9-24/h11-12,24H,4-10H2,1-3H3,(H2,21,22,25). The molecule has 2 aromatic rings. The Morgan fingerprint density at radius 2 is 2.04 bits per heavy atom. The van der Waals surface area contributed by atoms with Gasteiger partial charge in [-0.3, -0.25) is 4.72 Å². The van der Waals surface area contributed by atoms with Gasteiger partial charge in [0.2, 0.25) is 0 Å². The molecule has 0 bridgehead atoms.